The summed E-state index contributed by atoms with van der Waals surface area (Å²) in [6.07, 6.45) is 0. The second-order valence-electron chi connectivity index (χ2n) is 4.20. The fourth-order valence-electron chi connectivity index (χ4n) is 1.71. The molecule has 0 radical (unpaired) electrons. The number of carbonyl (C=O) groups is 1. The third-order valence-corrected chi connectivity index (χ3v) is 2.87. The Morgan fingerprint density at radius 3 is 2.63 bits per heavy atom. The predicted molar refractivity (Wildman–Crippen MR) is 73.8 cm³/mol. The standard InChI is InChI=1S/C14H14FN3O/c1-8-10(15)3-2-4-12(8)18-13-7-9(14(17)19)5-6-11(13)16/h2-7,18H,16H2,1H3,(H2,17,19). The van der Waals surface area contributed by atoms with Crippen LogP contribution in [-0.2, 0) is 0 Å². The fraction of sp³-hybridized carbons (Fsp3) is 0.0714. The number of primary amides is 1. The lowest BCUT2D eigenvalue weighted by atomic mass is 10.1. The molecule has 5 N–H and O–H groups in total. The van der Waals surface area contributed by atoms with E-state index in [0.29, 0.717) is 28.2 Å². The van der Waals surface area contributed by atoms with E-state index in [1.807, 2.05) is 0 Å². The second-order valence-corrected chi connectivity index (χ2v) is 4.20. The molecule has 19 heavy (non-hydrogen) atoms. The molecule has 0 aromatic heterocycles. The van der Waals surface area contributed by atoms with Crippen LogP contribution in [0.1, 0.15) is 15.9 Å². The molecule has 0 heterocycles. The molecular weight excluding hydrogens is 245 g/mol. The van der Waals surface area contributed by atoms with Crippen LogP contribution >= 0.6 is 0 Å². The van der Waals surface area contributed by atoms with Crippen LogP contribution in [0.3, 0.4) is 0 Å². The molecule has 2 aromatic rings. The molecule has 0 aliphatic rings. The van der Waals surface area contributed by atoms with Crippen LogP contribution in [0, 0.1) is 12.7 Å². The summed E-state index contributed by atoms with van der Waals surface area (Å²) in [6, 6.07) is 9.37. The zero-order valence-corrected chi connectivity index (χ0v) is 10.4. The Labute approximate surface area is 110 Å². The van der Waals surface area contributed by atoms with E-state index in [2.05, 4.69) is 5.32 Å². The second kappa shape index (κ2) is 4.97. The van der Waals surface area contributed by atoms with E-state index >= 15 is 0 Å². The average Bonchev–Trinajstić information content (AvgIpc) is 2.37. The molecule has 0 atom stereocenters. The van der Waals surface area contributed by atoms with Crippen LogP contribution in [-0.4, -0.2) is 5.91 Å². The normalized spacial score (nSPS) is 10.2. The molecular formula is C14H14FN3O. The lowest BCUT2D eigenvalue weighted by Gasteiger charge is -2.13. The molecule has 0 saturated heterocycles. The molecule has 0 unspecified atom stereocenters. The Kier molecular flexibility index (Phi) is 3.37. The van der Waals surface area contributed by atoms with Gasteiger partial charge < -0.3 is 16.8 Å². The highest BCUT2D eigenvalue weighted by Gasteiger charge is 2.08. The molecule has 5 heteroatoms. The van der Waals surface area contributed by atoms with Crippen LogP contribution in [0.5, 0.6) is 0 Å². The van der Waals surface area contributed by atoms with Crippen molar-refractivity contribution in [2.45, 2.75) is 6.92 Å². The fourth-order valence-corrected chi connectivity index (χ4v) is 1.71. The van der Waals surface area contributed by atoms with Crippen molar-refractivity contribution in [3.8, 4) is 0 Å². The van der Waals surface area contributed by atoms with E-state index in [1.165, 1.54) is 6.07 Å². The van der Waals surface area contributed by atoms with Crippen LogP contribution in [0.15, 0.2) is 36.4 Å². The molecule has 0 spiro atoms. The summed E-state index contributed by atoms with van der Waals surface area (Å²) >= 11 is 0. The van der Waals surface area contributed by atoms with E-state index in [0.717, 1.165) is 0 Å². The summed E-state index contributed by atoms with van der Waals surface area (Å²) in [4.78, 5) is 11.1. The van der Waals surface area contributed by atoms with Gasteiger partial charge in [-0.3, -0.25) is 4.79 Å². The van der Waals surface area contributed by atoms with Gasteiger partial charge >= 0.3 is 0 Å². The number of nitrogens with one attached hydrogen (secondary N) is 1. The maximum absolute atomic E-state index is 13.4. The van der Waals surface area contributed by atoms with Gasteiger partial charge in [-0.15, -0.1) is 0 Å². The average molecular weight is 259 g/mol. The van der Waals surface area contributed by atoms with Crippen LogP contribution < -0.4 is 16.8 Å². The maximum Gasteiger partial charge on any atom is 0.248 e. The number of rotatable bonds is 3. The first-order valence-electron chi connectivity index (χ1n) is 5.70. The smallest absolute Gasteiger partial charge is 0.248 e. The Balaban J connectivity index is 2.40. The first-order valence-corrected chi connectivity index (χ1v) is 5.70. The summed E-state index contributed by atoms with van der Waals surface area (Å²) in [5, 5.41) is 3.00. The maximum atomic E-state index is 13.4. The lowest BCUT2D eigenvalue weighted by molar-refractivity contribution is 0.100. The highest BCUT2D eigenvalue weighted by Crippen LogP contribution is 2.27. The van der Waals surface area contributed by atoms with Gasteiger partial charge in [-0.05, 0) is 37.3 Å². The molecule has 98 valence electrons. The summed E-state index contributed by atoms with van der Waals surface area (Å²) in [5.41, 5.74) is 13.4. The van der Waals surface area contributed by atoms with Gasteiger partial charge in [0.25, 0.3) is 0 Å². The van der Waals surface area contributed by atoms with Gasteiger partial charge in [0.2, 0.25) is 5.91 Å². The summed E-state index contributed by atoms with van der Waals surface area (Å²) < 4.78 is 13.4. The number of carbonyl (C=O) groups excluding carboxylic acids is 1. The summed E-state index contributed by atoms with van der Waals surface area (Å²) in [5.74, 6) is -0.853. The molecule has 0 fully saturated rings. The van der Waals surface area contributed by atoms with Crippen molar-refractivity contribution in [2.24, 2.45) is 5.73 Å². The molecule has 0 saturated carbocycles. The molecule has 2 aromatic carbocycles. The number of amides is 1. The minimum Gasteiger partial charge on any atom is -0.397 e. The number of benzene rings is 2. The van der Waals surface area contributed by atoms with Crippen molar-refractivity contribution in [2.75, 3.05) is 11.1 Å². The molecule has 4 nitrogen and oxygen atoms in total. The number of halogens is 1. The van der Waals surface area contributed by atoms with Crippen LogP contribution in [0.2, 0.25) is 0 Å². The van der Waals surface area contributed by atoms with Crippen molar-refractivity contribution in [3.63, 3.8) is 0 Å². The van der Waals surface area contributed by atoms with Gasteiger partial charge in [0.05, 0.1) is 11.4 Å². The zero-order chi connectivity index (χ0) is 14.0. The van der Waals surface area contributed by atoms with Gasteiger partial charge in [-0.25, -0.2) is 4.39 Å². The van der Waals surface area contributed by atoms with E-state index in [1.54, 1.807) is 37.3 Å². The number of nitrogen functional groups attached to an aromatic ring is 1. The zero-order valence-electron chi connectivity index (χ0n) is 10.4. The number of anilines is 3. The first-order chi connectivity index (χ1) is 8.99. The minimum absolute atomic E-state index is 0.311. The Morgan fingerprint density at radius 1 is 1.21 bits per heavy atom. The monoisotopic (exact) mass is 259 g/mol. The van der Waals surface area contributed by atoms with Gasteiger partial charge in [-0.2, -0.15) is 0 Å². The molecule has 1 amide bonds. The van der Waals surface area contributed by atoms with Gasteiger partial charge in [-0.1, -0.05) is 6.07 Å². The van der Waals surface area contributed by atoms with E-state index in [-0.39, 0.29) is 5.82 Å². The molecule has 0 aliphatic carbocycles. The highest BCUT2D eigenvalue weighted by molar-refractivity contribution is 5.95. The van der Waals surface area contributed by atoms with Crippen molar-refractivity contribution >= 4 is 23.0 Å². The molecule has 0 bridgehead atoms. The minimum atomic E-state index is -0.543. The molecule has 0 aliphatic heterocycles. The number of hydrogen-bond acceptors (Lipinski definition) is 3. The highest BCUT2D eigenvalue weighted by atomic mass is 19.1. The van der Waals surface area contributed by atoms with Crippen molar-refractivity contribution in [1.29, 1.82) is 0 Å². The van der Waals surface area contributed by atoms with Crippen molar-refractivity contribution < 1.29 is 9.18 Å². The summed E-state index contributed by atoms with van der Waals surface area (Å²) in [7, 11) is 0. The topological polar surface area (TPSA) is 81.1 Å². The third-order valence-electron chi connectivity index (χ3n) is 2.87. The largest absolute Gasteiger partial charge is 0.397 e. The lowest BCUT2D eigenvalue weighted by Crippen LogP contribution is -2.11. The predicted octanol–water partition coefficient (Wildman–Crippen LogP) is 2.56. The van der Waals surface area contributed by atoms with E-state index in [4.69, 9.17) is 11.5 Å². The van der Waals surface area contributed by atoms with Crippen LogP contribution in [0.4, 0.5) is 21.5 Å². The van der Waals surface area contributed by atoms with E-state index in [9.17, 15) is 9.18 Å². The van der Waals surface area contributed by atoms with Crippen LogP contribution in [0.25, 0.3) is 0 Å². The quantitative estimate of drug-likeness (QED) is 0.741. The number of nitrogens with two attached hydrogens (primary N) is 2. The Morgan fingerprint density at radius 2 is 1.95 bits per heavy atom. The first kappa shape index (κ1) is 12.9. The Hall–Kier alpha value is -2.56. The van der Waals surface area contributed by atoms with Gasteiger partial charge in [0, 0.05) is 16.8 Å². The Bertz CT molecular complexity index is 641. The van der Waals surface area contributed by atoms with Crippen molar-refractivity contribution in [3.05, 3.63) is 53.3 Å². The summed E-state index contributed by atoms with van der Waals surface area (Å²) in [6.45, 7) is 1.66. The van der Waals surface area contributed by atoms with Crippen molar-refractivity contribution in [1.82, 2.24) is 0 Å². The third kappa shape index (κ3) is 2.65. The SMILES string of the molecule is Cc1c(F)cccc1Nc1cc(C(N)=O)ccc1N. The van der Waals surface area contributed by atoms with Gasteiger partial charge in [0.1, 0.15) is 5.82 Å². The van der Waals surface area contributed by atoms with E-state index < -0.39 is 5.91 Å². The van der Waals surface area contributed by atoms with Gasteiger partial charge in [0.15, 0.2) is 0 Å². The molecule has 2 rings (SSSR count). The number of hydrogen-bond donors (Lipinski definition) is 3.